The van der Waals surface area contributed by atoms with E-state index in [2.05, 4.69) is 34.2 Å². The maximum absolute atomic E-state index is 14.5. The van der Waals surface area contributed by atoms with Crippen LogP contribution in [0, 0.1) is 36.3 Å². The van der Waals surface area contributed by atoms with E-state index in [0.717, 1.165) is 37.8 Å². The number of nitrogens with zero attached hydrogens (tertiary/aromatic N) is 7. The smallest absolute Gasteiger partial charge is 0.355 e. The van der Waals surface area contributed by atoms with E-state index in [0.29, 0.717) is 20.9 Å². The molecule has 0 bridgehead atoms. The first-order valence-electron chi connectivity index (χ1n) is 14.6. The Kier molecular flexibility index (Phi) is 10.5. The van der Waals surface area contributed by atoms with Crippen molar-refractivity contribution in [3.05, 3.63) is 73.4 Å². The first kappa shape index (κ1) is 36.6. The number of aryl methyl sites for hydroxylation is 1. The molecule has 1 amide bonds. The molecule has 0 saturated heterocycles. The van der Waals surface area contributed by atoms with E-state index >= 15 is 0 Å². The van der Waals surface area contributed by atoms with Crippen LogP contribution in [0.4, 0.5) is 28.9 Å². The van der Waals surface area contributed by atoms with E-state index in [1.807, 2.05) is 4.57 Å². The number of amides is 1. The van der Waals surface area contributed by atoms with Gasteiger partial charge in [0, 0.05) is 42.0 Å². The highest BCUT2D eigenvalue weighted by Crippen LogP contribution is 2.37. The molecule has 50 heavy (non-hydrogen) atoms. The summed E-state index contributed by atoms with van der Waals surface area (Å²) in [5.41, 5.74) is -0.865. The quantitative estimate of drug-likeness (QED) is 0.159. The van der Waals surface area contributed by atoms with Crippen LogP contribution in [0.5, 0.6) is 5.75 Å². The maximum Gasteiger partial charge on any atom is 0.355 e. The number of carboxylic acid groups (broad SMARTS) is 1. The number of hydrogen-bond donors (Lipinski definition) is 1. The molecule has 2 aliphatic heterocycles. The van der Waals surface area contributed by atoms with Crippen LogP contribution in [-0.2, 0) is 29.0 Å². The molecule has 0 spiro atoms. The summed E-state index contributed by atoms with van der Waals surface area (Å²) in [5, 5.41) is 11.0. The van der Waals surface area contributed by atoms with Crippen LogP contribution in [-0.4, -0.2) is 58.8 Å². The average molecular weight is 757 g/mol. The Morgan fingerprint density at radius 1 is 1.20 bits per heavy atom. The van der Waals surface area contributed by atoms with E-state index in [-0.39, 0.29) is 57.6 Å². The van der Waals surface area contributed by atoms with E-state index < -0.39 is 40.9 Å². The molecule has 1 atom stereocenters. The van der Waals surface area contributed by atoms with Crippen LogP contribution in [0.1, 0.15) is 37.6 Å². The number of benzene rings is 2. The zero-order chi connectivity index (χ0) is 36.7. The van der Waals surface area contributed by atoms with Gasteiger partial charge in [-0.2, -0.15) is 17.8 Å². The van der Waals surface area contributed by atoms with Crippen molar-refractivity contribution in [2.75, 3.05) is 18.1 Å². The monoisotopic (exact) mass is 755 g/mol. The molecular formula is C31H27Cl2F4N7O5S. The second kappa shape index (κ2) is 14.3. The second-order valence-corrected chi connectivity index (χ2v) is 13.6. The van der Waals surface area contributed by atoms with Crippen LogP contribution in [0.15, 0.2) is 34.1 Å². The lowest BCUT2D eigenvalue weighted by atomic mass is 9.92. The molecule has 2 aromatic heterocycles. The minimum atomic E-state index is -3.14. The Bertz CT molecular complexity index is 2170. The fourth-order valence-electron chi connectivity index (χ4n) is 5.28. The number of aromatic nitrogens is 5. The molecule has 12 nitrogen and oxygen atoms in total. The molecular weight excluding hydrogens is 729 g/mol. The van der Waals surface area contributed by atoms with Gasteiger partial charge in [-0.3, -0.25) is 14.5 Å². The molecule has 1 N–H and O–H groups in total. The van der Waals surface area contributed by atoms with Crippen LogP contribution >= 0.6 is 34.7 Å². The molecule has 6 rings (SSSR count). The second-order valence-electron chi connectivity index (χ2n) is 12.0. The van der Waals surface area contributed by atoms with Crippen molar-refractivity contribution in [2.45, 2.75) is 52.1 Å². The van der Waals surface area contributed by atoms with Gasteiger partial charge < -0.3 is 14.4 Å². The molecule has 0 saturated carbocycles. The average Bonchev–Trinajstić information content (AvgIpc) is 3.65. The fraction of sp³-hybridized carbons (Fsp3) is 0.355. The third kappa shape index (κ3) is 7.42. The summed E-state index contributed by atoms with van der Waals surface area (Å²) in [7, 11) is 0. The zero-order valence-electron chi connectivity index (χ0n) is 26.5. The number of carbonyl (C=O) groups excluding carboxylic acids is 1. The largest absolute Gasteiger partial charge is 0.481 e. The minimum absolute atomic E-state index is 0.0926. The first-order valence-corrected chi connectivity index (χ1v) is 16.2. The summed E-state index contributed by atoms with van der Waals surface area (Å²) in [6, 6.07) is 4.65. The van der Waals surface area contributed by atoms with Crippen LogP contribution in [0.2, 0.25) is 5.02 Å². The van der Waals surface area contributed by atoms with Crippen molar-refractivity contribution < 1.29 is 37.0 Å². The van der Waals surface area contributed by atoms with Gasteiger partial charge in [-0.15, -0.1) is 23.1 Å². The van der Waals surface area contributed by atoms with Gasteiger partial charge >= 0.3 is 18.2 Å². The highest BCUT2D eigenvalue weighted by atomic mass is 35.5. The van der Waals surface area contributed by atoms with E-state index in [1.54, 1.807) is 0 Å². The predicted octanol–water partition coefficient (Wildman–Crippen LogP) is 5.02. The fourth-order valence-corrected chi connectivity index (χ4v) is 6.44. The normalized spacial score (nSPS) is 15.6. The van der Waals surface area contributed by atoms with Crippen molar-refractivity contribution in [1.29, 1.82) is 0 Å². The standard InChI is InChI=1S/C18H17FN4O2S.C13H10Cl2F3N3O3/c1-4-5-22-13-7-12(11(19)6-14(13)25-9-16(22)24)20-17-23-10-18(2,3)8-15(23)21-26-17;1-5-19-21(13(24)20(5)12(17)18)10-3-6(2-8(15)11(22)23)7(14)4-9(10)16/h1,6-7H,5,8-10H2,2-3H3;3-4,8,12H,2H2,1H3,(H,22,23)/b20-17-;. The van der Waals surface area contributed by atoms with Gasteiger partial charge in [-0.25, -0.2) is 23.1 Å². The summed E-state index contributed by atoms with van der Waals surface area (Å²) in [6.07, 6.45) is 5.96. The molecule has 19 heteroatoms. The van der Waals surface area contributed by atoms with Gasteiger partial charge in [0.1, 0.15) is 34.2 Å². The van der Waals surface area contributed by atoms with E-state index in [4.69, 9.17) is 39.5 Å². The Hall–Kier alpha value is -4.66. The Balaban J connectivity index is 0.000000195. The molecule has 4 heterocycles. The third-order valence-electron chi connectivity index (χ3n) is 7.62. The molecule has 4 aromatic rings. The molecule has 264 valence electrons. The minimum Gasteiger partial charge on any atom is -0.481 e. The number of carboxylic acids is 1. The lowest BCUT2D eigenvalue weighted by Crippen LogP contribution is -2.39. The number of terminal acetylenes is 1. The molecule has 1 unspecified atom stereocenters. The number of carbonyl (C=O) groups is 2. The molecule has 0 fully saturated rings. The summed E-state index contributed by atoms with van der Waals surface area (Å²) < 4.78 is 66.6. The third-order valence-corrected chi connectivity index (χ3v) is 9.09. The van der Waals surface area contributed by atoms with Gasteiger partial charge in [0.25, 0.3) is 5.91 Å². The van der Waals surface area contributed by atoms with Crippen molar-refractivity contribution >= 4 is 58.0 Å². The van der Waals surface area contributed by atoms with Gasteiger partial charge in [0.15, 0.2) is 18.2 Å². The number of fused-ring (bicyclic) bond motifs is 2. The number of alkyl halides is 3. The van der Waals surface area contributed by atoms with Crippen molar-refractivity contribution in [1.82, 2.24) is 23.3 Å². The highest BCUT2D eigenvalue weighted by molar-refractivity contribution is 7.02. The number of anilines is 1. The van der Waals surface area contributed by atoms with Crippen LogP contribution < -0.4 is 20.1 Å². The Morgan fingerprint density at radius 2 is 1.92 bits per heavy atom. The maximum atomic E-state index is 14.5. The Labute approximate surface area is 295 Å². The van der Waals surface area contributed by atoms with Gasteiger partial charge in [0.2, 0.25) is 4.80 Å². The van der Waals surface area contributed by atoms with Crippen LogP contribution in [0.25, 0.3) is 5.69 Å². The number of hydrogen-bond acceptors (Lipinski definition) is 8. The van der Waals surface area contributed by atoms with E-state index in [9.17, 15) is 31.9 Å². The number of aliphatic carboxylic acids is 1. The lowest BCUT2D eigenvalue weighted by Gasteiger charge is -2.28. The van der Waals surface area contributed by atoms with Crippen molar-refractivity contribution in [3.8, 4) is 23.8 Å². The summed E-state index contributed by atoms with van der Waals surface area (Å²) in [4.78, 5) is 41.3. The van der Waals surface area contributed by atoms with E-state index in [1.165, 1.54) is 28.6 Å². The van der Waals surface area contributed by atoms with Gasteiger partial charge in [-0.05, 0) is 36.1 Å². The predicted molar refractivity (Wildman–Crippen MR) is 176 cm³/mol. The highest BCUT2D eigenvalue weighted by Gasteiger charge is 2.31. The first-order chi connectivity index (χ1) is 23.5. The number of ether oxygens (including phenoxy) is 1. The van der Waals surface area contributed by atoms with Gasteiger partial charge in [0.05, 0.1) is 12.2 Å². The topological polar surface area (TPSA) is 137 Å². The molecule has 0 aliphatic carbocycles. The Morgan fingerprint density at radius 3 is 2.56 bits per heavy atom. The number of rotatable bonds is 7. The summed E-state index contributed by atoms with van der Waals surface area (Å²) in [5.74, 6) is 0.317. The molecule has 2 aliphatic rings. The SMILES string of the molecule is C#CCN1C(=O)COc2cc(F)c(/N=c3\snc4n3CC(C)(C)C4)cc21.Cc1nn(-c2cc(CC(Cl)C(=O)O)c(Cl)cc2F)c(=O)n1C(F)F. The summed E-state index contributed by atoms with van der Waals surface area (Å²) in [6.45, 7) is 3.08. The lowest BCUT2D eigenvalue weighted by molar-refractivity contribution is -0.136. The van der Waals surface area contributed by atoms with Crippen LogP contribution in [0.3, 0.4) is 0 Å². The molecule has 2 aromatic carbocycles. The molecule has 0 radical (unpaired) electrons. The van der Waals surface area contributed by atoms with Gasteiger partial charge in [-0.1, -0.05) is 31.4 Å². The summed E-state index contributed by atoms with van der Waals surface area (Å²) >= 11 is 12.7. The number of halogens is 6. The zero-order valence-corrected chi connectivity index (χ0v) is 28.8. The van der Waals surface area contributed by atoms with Crippen molar-refractivity contribution in [2.24, 2.45) is 10.4 Å². The van der Waals surface area contributed by atoms with Crippen molar-refractivity contribution in [3.63, 3.8) is 0 Å².